The number of fused-ring (bicyclic) bond motifs is 1. The lowest BCUT2D eigenvalue weighted by Gasteiger charge is -2.21. The highest BCUT2D eigenvalue weighted by Crippen LogP contribution is 2.46. The number of hydrogen-bond donors (Lipinski definition) is 1. The third-order valence-corrected chi connectivity index (χ3v) is 6.06. The maximum atomic E-state index is 5.71. The molecular formula is C16H24N2OS. The molecule has 20 heavy (non-hydrogen) atoms. The quantitative estimate of drug-likeness (QED) is 0.872. The molecular weight excluding hydrogens is 268 g/mol. The van der Waals surface area contributed by atoms with Gasteiger partial charge < -0.3 is 10.1 Å². The van der Waals surface area contributed by atoms with Gasteiger partial charge in [-0.2, -0.15) is 0 Å². The van der Waals surface area contributed by atoms with Crippen molar-refractivity contribution in [3.8, 4) is 0 Å². The molecule has 1 aromatic rings. The minimum Gasteiger partial charge on any atom is -0.374 e. The Bertz CT molecular complexity index is 479. The van der Waals surface area contributed by atoms with Crippen LogP contribution in [0.2, 0.25) is 0 Å². The van der Waals surface area contributed by atoms with Gasteiger partial charge in [0.1, 0.15) is 11.1 Å². The number of thiazole rings is 1. The molecule has 110 valence electrons. The molecule has 3 aliphatic carbocycles. The molecule has 0 radical (unpaired) electrons. The molecule has 0 aromatic carbocycles. The van der Waals surface area contributed by atoms with Crippen LogP contribution in [-0.2, 0) is 11.2 Å². The van der Waals surface area contributed by atoms with E-state index in [4.69, 9.17) is 9.72 Å². The molecule has 2 saturated carbocycles. The van der Waals surface area contributed by atoms with Crippen LogP contribution in [0.4, 0.5) is 0 Å². The molecule has 2 atom stereocenters. The smallest absolute Gasteiger partial charge is 0.122 e. The molecule has 2 unspecified atom stereocenters. The van der Waals surface area contributed by atoms with Crippen molar-refractivity contribution in [2.45, 2.75) is 63.0 Å². The van der Waals surface area contributed by atoms with E-state index < -0.39 is 0 Å². The molecule has 0 bridgehead atoms. The van der Waals surface area contributed by atoms with E-state index in [2.05, 4.69) is 5.32 Å². The molecule has 0 aliphatic heterocycles. The summed E-state index contributed by atoms with van der Waals surface area (Å²) in [7, 11) is 1.84. The van der Waals surface area contributed by atoms with Crippen LogP contribution in [0, 0.1) is 5.92 Å². The van der Waals surface area contributed by atoms with Crippen molar-refractivity contribution in [3.63, 3.8) is 0 Å². The van der Waals surface area contributed by atoms with Gasteiger partial charge in [-0.05, 0) is 50.9 Å². The Hall–Kier alpha value is -0.450. The van der Waals surface area contributed by atoms with Crippen LogP contribution < -0.4 is 5.32 Å². The topological polar surface area (TPSA) is 34.1 Å². The van der Waals surface area contributed by atoms with Crippen molar-refractivity contribution in [1.82, 2.24) is 10.3 Å². The fourth-order valence-corrected chi connectivity index (χ4v) is 4.70. The second-order valence-electron chi connectivity index (χ2n) is 6.63. The van der Waals surface area contributed by atoms with Gasteiger partial charge in [-0.15, -0.1) is 11.3 Å². The SMILES string of the molecule is COC(c1nc2c(s1)CCCC2CNC1CC1)C1CC1. The number of rotatable bonds is 6. The second-order valence-corrected chi connectivity index (χ2v) is 7.74. The van der Waals surface area contributed by atoms with E-state index in [1.165, 1.54) is 60.5 Å². The number of methoxy groups -OCH3 is 1. The highest BCUT2D eigenvalue weighted by Gasteiger charge is 2.36. The summed E-state index contributed by atoms with van der Waals surface area (Å²) in [5.74, 6) is 1.37. The third kappa shape index (κ3) is 2.66. The van der Waals surface area contributed by atoms with E-state index in [9.17, 15) is 0 Å². The van der Waals surface area contributed by atoms with E-state index in [1.54, 1.807) is 0 Å². The number of aryl methyl sites for hydroxylation is 1. The Morgan fingerprint density at radius 2 is 2.15 bits per heavy atom. The fourth-order valence-electron chi connectivity index (χ4n) is 3.34. The molecule has 0 spiro atoms. The Morgan fingerprint density at radius 1 is 1.30 bits per heavy atom. The van der Waals surface area contributed by atoms with Gasteiger partial charge in [-0.25, -0.2) is 4.98 Å². The molecule has 0 saturated heterocycles. The minimum absolute atomic E-state index is 0.266. The van der Waals surface area contributed by atoms with Gasteiger partial charge >= 0.3 is 0 Å². The largest absolute Gasteiger partial charge is 0.374 e. The summed E-state index contributed by atoms with van der Waals surface area (Å²) >= 11 is 1.93. The van der Waals surface area contributed by atoms with E-state index in [0.717, 1.165) is 18.5 Å². The zero-order valence-corrected chi connectivity index (χ0v) is 13.0. The van der Waals surface area contributed by atoms with E-state index >= 15 is 0 Å². The Balaban J connectivity index is 1.52. The van der Waals surface area contributed by atoms with Gasteiger partial charge in [0.05, 0.1) is 5.69 Å². The van der Waals surface area contributed by atoms with Crippen LogP contribution >= 0.6 is 11.3 Å². The zero-order valence-electron chi connectivity index (χ0n) is 12.2. The van der Waals surface area contributed by atoms with Crippen LogP contribution in [0.5, 0.6) is 0 Å². The standard InChI is InChI=1S/C16H24N2OS/c1-19-15(10-5-6-10)16-18-14-11(9-17-12-7-8-12)3-2-4-13(14)20-16/h10-12,15,17H,2-9H2,1H3. The van der Waals surface area contributed by atoms with Crippen molar-refractivity contribution in [2.24, 2.45) is 5.92 Å². The van der Waals surface area contributed by atoms with Crippen molar-refractivity contribution in [3.05, 3.63) is 15.6 Å². The zero-order chi connectivity index (χ0) is 13.5. The van der Waals surface area contributed by atoms with E-state index in [1.807, 2.05) is 18.4 Å². The lowest BCUT2D eigenvalue weighted by molar-refractivity contribution is 0.0842. The summed E-state index contributed by atoms with van der Waals surface area (Å²) in [5, 5.41) is 4.94. The van der Waals surface area contributed by atoms with E-state index in [0.29, 0.717) is 5.92 Å². The van der Waals surface area contributed by atoms with Crippen molar-refractivity contribution in [2.75, 3.05) is 13.7 Å². The molecule has 0 amide bonds. The average molecular weight is 292 g/mol. The maximum absolute atomic E-state index is 5.71. The normalized spacial score (nSPS) is 27.4. The molecule has 1 aromatic heterocycles. The average Bonchev–Trinajstić information content (AvgIpc) is 3.36. The Labute approximate surface area is 125 Å². The van der Waals surface area contributed by atoms with Crippen LogP contribution in [0.1, 0.15) is 66.1 Å². The summed E-state index contributed by atoms with van der Waals surface area (Å²) in [6.07, 6.45) is 9.50. The lowest BCUT2D eigenvalue weighted by atomic mass is 9.91. The molecule has 4 heteroatoms. The molecule has 1 N–H and O–H groups in total. The number of hydrogen-bond acceptors (Lipinski definition) is 4. The van der Waals surface area contributed by atoms with E-state index in [-0.39, 0.29) is 6.10 Å². The molecule has 2 fully saturated rings. The fraction of sp³-hybridized carbons (Fsp3) is 0.812. The van der Waals surface area contributed by atoms with Crippen molar-refractivity contribution in [1.29, 1.82) is 0 Å². The predicted molar refractivity (Wildman–Crippen MR) is 81.3 cm³/mol. The lowest BCUT2D eigenvalue weighted by Crippen LogP contribution is -2.25. The van der Waals surface area contributed by atoms with Crippen LogP contribution in [-0.4, -0.2) is 24.7 Å². The first kappa shape index (κ1) is 13.2. The van der Waals surface area contributed by atoms with Gasteiger partial charge in [0.15, 0.2) is 0 Å². The Kier molecular flexibility index (Phi) is 3.57. The van der Waals surface area contributed by atoms with Gasteiger partial charge in [0, 0.05) is 30.5 Å². The number of aromatic nitrogens is 1. The molecule has 1 heterocycles. The first-order chi connectivity index (χ1) is 9.85. The molecule has 4 rings (SSSR count). The monoisotopic (exact) mass is 292 g/mol. The summed E-state index contributed by atoms with van der Waals surface area (Å²) in [6, 6.07) is 0.802. The highest BCUT2D eigenvalue weighted by atomic mass is 32.1. The summed E-state index contributed by atoms with van der Waals surface area (Å²) < 4.78 is 5.71. The Morgan fingerprint density at radius 3 is 2.85 bits per heavy atom. The number of ether oxygens (including phenoxy) is 1. The van der Waals surface area contributed by atoms with Gasteiger partial charge in [0.25, 0.3) is 0 Å². The second kappa shape index (κ2) is 5.39. The van der Waals surface area contributed by atoms with Gasteiger partial charge in [0.2, 0.25) is 0 Å². The van der Waals surface area contributed by atoms with Crippen LogP contribution in [0.3, 0.4) is 0 Å². The minimum atomic E-state index is 0.266. The number of nitrogens with zero attached hydrogens (tertiary/aromatic N) is 1. The van der Waals surface area contributed by atoms with Crippen LogP contribution in [0.15, 0.2) is 0 Å². The first-order valence-electron chi connectivity index (χ1n) is 8.11. The van der Waals surface area contributed by atoms with Crippen LogP contribution in [0.25, 0.3) is 0 Å². The van der Waals surface area contributed by atoms with Crippen molar-refractivity contribution < 1.29 is 4.74 Å². The summed E-state index contributed by atoms with van der Waals surface area (Å²) in [6.45, 7) is 1.13. The summed E-state index contributed by atoms with van der Waals surface area (Å²) in [4.78, 5) is 6.55. The predicted octanol–water partition coefficient (Wildman–Crippen LogP) is 3.41. The molecule has 3 aliphatic rings. The third-order valence-electron chi connectivity index (χ3n) is 4.86. The van der Waals surface area contributed by atoms with Gasteiger partial charge in [-0.1, -0.05) is 0 Å². The molecule has 3 nitrogen and oxygen atoms in total. The van der Waals surface area contributed by atoms with Crippen molar-refractivity contribution >= 4 is 11.3 Å². The first-order valence-corrected chi connectivity index (χ1v) is 8.92. The maximum Gasteiger partial charge on any atom is 0.122 e. The number of nitrogens with one attached hydrogen (secondary N) is 1. The summed E-state index contributed by atoms with van der Waals surface area (Å²) in [5.41, 5.74) is 1.40. The highest BCUT2D eigenvalue weighted by molar-refractivity contribution is 7.11. The van der Waals surface area contributed by atoms with Gasteiger partial charge in [-0.3, -0.25) is 0 Å².